The van der Waals surface area contributed by atoms with E-state index in [9.17, 15) is 26.4 Å². The maximum absolute atomic E-state index is 12.1. The lowest BCUT2D eigenvalue weighted by Crippen LogP contribution is -2.16. The summed E-state index contributed by atoms with van der Waals surface area (Å²) in [6, 6.07) is 9.98. The largest absolute Gasteiger partial charge is 0.573 e. The van der Waals surface area contributed by atoms with Crippen molar-refractivity contribution in [1.29, 1.82) is 0 Å². The van der Waals surface area contributed by atoms with Crippen LogP contribution in [0.15, 0.2) is 64.9 Å². The van der Waals surface area contributed by atoms with Gasteiger partial charge in [-0.3, -0.25) is 0 Å². The van der Waals surface area contributed by atoms with Gasteiger partial charge in [0.25, 0.3) is 0 Å². The first-order valence-electron chi connectivity index (χ1n) is 7.83. The Morgan fingerprint density at radius 1 is 0.964 bits per heavy atom. The predicted molar refractivity (Wildman–Crippen MR) is 92.6 cm³/mol. The second-order valence-electron chi connectivity index (χ2n) is 5.19. The van der Waals surface area contributed by atoms with Gasteiger partial charge in [-0.2, -0.15) is 0 Å². The van der Waals surface area contributed by atoms with Gasteiger partial charge in [-0.05, 0) is 55.5 Å². The van der Waals surface area contributed by atoms with Crippen molar-refractivity contribution in [1.82, 2.24) is 0 Å². The van der Waals surface area contributed by atoms with Crippen LogP contribution in [0.4, 0.5) is 13.2 Å². The molecule has 2 aromatic carbocycles. The monoisotopic (exact) mass is 416 g/mol. The van der Waals surface area contributed by atoms with Crippen LogP contribution in [0.25, 0.3) is 0 Å². The van der Waals surface area contributed by atoms with Gasteiger partial charge >= 0.3 is 12.3 Å². The Morgan fingerprint density at radius 3 is 1.96 bits per heavy atom. The number of halogens is 3. The van der Waals surface area contributed by atoms with Crippen LogP contribution in [-0.2, 0) is 19.4 Å². The number of sulfone groups is 1. The Morgan fingerprint density at radius 2 is 1.46 bits per heavy atom. The number of benzene rings is 2. The average Bonchev–Trinajstić information content (AvgIpc) is 2.61. The Kier molecular flexibility index (Phi) is 6.68. The van der Waals surface area contributed by atoms with E-state index in [0.717, 1.165) is 23.6 Å². The summed E-state index contributed by atoms with van der Waals surface area (Å²) in [6.07, 6.45) is -3.97. The van der Waals surface area contributed by atoms with Gasteiger partial charge in [0, 0.05) is 11.5 Å². The SMILES string of the molecule is CCOC(=O)/C=C/S(=O)(=O)c1ccc(Oc2ccc(OC(F)(F)F)cc2)cc1. The number of hydrogen-bond acceptors (Lipinski definition) is 6. The summed E-state index contributed by atoms with van der Waals surface area (Å²) in [6.45, 7) is 1.72. The van der Waals surface area contributed by atoms with E-state index >= 15 is 0 Å². The summed E-state index contributed by atoms with van der Waals surface area (Å²) in [5.41, 5.74) is 0. The number of carbonyl (C=O) groups is 1. The number of alkyl halides is 3. The molecule has 2 aromatic rings. The molecule has 0 heterocycles. The minimum Gasteiger partial charge on any atom is -0.463 e. The molecule has 0 amide bonds. The van der Waals surface area contributed by atoms with Crippen molar-refractivity contribution in [3.63, 3.8) is 0 Å². The van der Waals surface area contributed by atoms with Crippen molar-refractivity contribution in [2.24, 2.45) is 0 Å². The molecular weight excluding hydrogens is 401 g/mol. The zero-order valence-electron chi connectivity index (χ0n) is 14.5. The maximum Gasteiger partial charge on any atom is 0.573 e. The molecule has 0 saturated heterocycles. The molecular formula is C18H15F3O6S. The molecule has 10 heteroatoms. The van der Waals surface area contributed by atoms with E-state index in [2.05, 4.69) is 9.47 Å². The summed E-state index contributed by atoms with van der Waals surface area (Å²) in [5, 5.41) is 0.736. The second-order valence-corrected chi connectivity index (χ2v) is 7.03. The number of ether oxygens (including phenoxy) is 3. The van der Waals surface area contributed by atoms with Crippen LogP contribution in [0, 0.1) is 0 Å². The van der Waals surface area contributed by atoms with Crippen LogP contribution in [0.3, 0.4) is 0 Å². The first-order chi connectivity index (χ1) is 13.1. The van der Waals surface area contributed by atoms with Crippen LogP contribution in [0.2, 0.25) is 0 Å². The molecule has 2 rings (SSSR count). The van der Waals surface area contributed by atoms with Crippen molar-refractivity contribution in [3.8, 4) is 17.2 Å². The molecule has 0 aliphatic carbocycles. The fourth-order valence-corrected chi connectivity index (χ4v) is 2.92. The van der Waals surface area contributed by atoms with Crippen LogP contribution in [-0.4, -0.2) is 27.4 Å². The summed E-state index contributed by atoms with van der Waals surface area (Å²) in [7, 11) is -3.85. The van der Waals surface area contributed by atoms with E-state index in [-0.39, 0.29) is 23.0 Å². The second kappa shape index (κ2) is 8.79. The Bertz CT molecular complexity index is 933. The molecule has 150 valence electrons. The third kappa shape index (κ3) is 6.62. The van der Waals surface area contributed by atoms with E-state index < -0.39 is 27.9 Å². The summed E-state index contributed by atoms with van der Waals surface area (Å²) in [4.78, 5) is 11.1. The zero-order chi connectivity index (χ0) is 20.8. The van der Waals surface area contributed by atoms with Gasteiger partial charge < -0.3 is 14.2 Å². The lowest BCUT2D eigenvalue weighted by molar-refractivity contribution is -0.274. The van der Waals surface area contributed by atoms with Crippen molar-refractivity contribution in [3.05, 3.63) is 60.0 Å². The van der Waals surface area contributed by atoms with Gasteiger partial charge in [0.05, 0.1) is 11.5 Å². The van der Waals surface area contributed by atoms with Crippen LogP contribution in [0.5, 0.6) is 17.2 Å². The predicted octanol–water partition coefficient (Wildman–Crippen LogP) is 4.23. The third-order valence-electron chi connectivity index (χ3n) is 3.12. The topological polar surface area (TPSA) is 78.9 Å². The lowest BCUT2D eigenvalue weighted by atomic mass is 10.3. The molecule has 0 spiro atoms. The van der Waals surface area contributed by atoms with Gasteiger partial charge in [0.2, 0.25) is 0 Å². The molecule has 0 fully saturated rings. The van der Waals surface area contributed by atoms with Crippen LogP contribution in [0.1, 0.15) is 6.92 Å². The molecule has 0 atom stereocenters. The molecule has 28 heavy (non-hydrogen) atoms. The number of carbonyl (C=O) groups excluding carboxylic acids is 1. The van der Waals surface area contributed by atoms with Crippen molar-refractivity contribution < 1.29 is 40.6 Å². The molecule has 0 bridgehead atoms. The highest BCUT2D eigenvalue weighted by atomic mass is 32.2. The Labute approximate surface area is 159 Å². The first kappa shape index (κ1) is 21.3. The number of esters is 1. The smallest absolute Gasteiger partial charge is 0.463 e. The zero-order valence-corrected chi connectivity index (χ0v) is 15.3. The van der Waals surface area contributed by atoms with E-state index in [1.807, 2.05) is 0 Å². The van der Waals surface area contributed by atoms with Crippen molar-refractivity contribution in [2.45, 2.75) is 18.2 Å². The lowest BCUT2D eigenvalue weighted by Gasteiger charge is -2.10. The number of hydrogen-bond donors (Lipinski definition) is 0. The average molecular weight is 416 g/mol. The first-order valence-corrected chi connectivity index (χ1v) is 9.37. The number of rotatable bonds is 7. The van der Waals surface area contributed by atoms with Gasteiger partial charge in [-0.15, -0.1) is 13.2 Å². The van der Waals surface area contributed by atoms with Gasteiger partial charge in [0.1, 0.15) is 17.2 Å². The van der Waals surface area contributed by atoms with E-state index in [0.29, 0.717) is 0 Å². The summed E-state index contributed by atoms with van der Waals surface area (Å²) in [5.74, 6) is -0.677. The molecule has 0 aliphatic heterocycles. The van der Waals surface area contributed by atoms with Gasteiger partial charge in [-0.25, -0.2) is 13.2 Å². The van der Waals surface area contributed by atoms with Gasteiger partial charge in [0.15, 0.2) is 9.84 Å². The van der Waals surface area contributed by atoms with Crippen molar-refractivity contribution in [2.75, 3.05) is 6.61 Å². The molecule has 0 aromatic heterocycles. The molecule has 0 N–H and O–H groups in total. The maximum atomic E-state index is 12.1. The van der Waals surface area contributed by atoms with Crippen LogP contribution >= 0.6 is 0 Å². The molecule has 6 nitrogen and oxygen atoms in total. The van der Waals surface area contributed by atoms with E-state index in [1.165, 1.54) is 36.4 Å². The summed E-state index contributed by atoms with van der Waals surface area (Å²) < 4.78 is 74.4. The molecule has 0 saturated carbocycles. The highest BCUT2D eigenvalue weighted by Gasteiger charge is 2.30. The van der Waals surface area contributed by atoms with E-state index in [4.69, 9.17) is 4.74 Å². The third-order valence-corrected chi connectivity index (χ3v) is 4.54. The van der Waals surface area contributed by atoms with Gasteiger partial charge in [-0.1, -0.05) is 0 Å². The quantitative estimate of drug-likeness (QED) is 0.497. The fraction of sp³-hybridized carbons (Fsp3) is 0.167. The minimum atomic E-state index is -4.79. The van der Waals surface area contributed by atoms with Crippen molar-refractivity contribution >= 4 is 15.8 Å². The molecule has 0 aliphatic rings. The molecule has 0 radical (unpaired) electrons. The fourth-order valence-electron chi connectivity index (χ4n) is 1.96. The summed E-state index contributed by atoms with van der Waals surface area (Å²) >= 11 is 0. The highest BCUT2D eigenvalue weighted by Crippen LogP contribution is 2.28. The Balaban J connectivity index is 2.05. The Hall–Kier alpha value is -3.01. The minimum absolute atomic E-state index is 0.0747. The van der Waals surface area contributed by atoms with E-state index in [1.54, 1.807) is 6.92 Å². The van der Waals surface area contributed by atoms with Crippen LogP contribution < -0.4 is 9.47 Å². The highest BCUT2D eigenvalue weighted by molar-refractivity contribution is 7.94. The standard InChI is InChI=1S/C18H15F3O6S/c1-2-25-17(22)11-12-28(23,24)16-9-7-14(8-10-16)26-13-3-5-15(6-4-13)27-18(19,20)21/h3-12H,2H2,1H3/b12-11+. The molecule has 0 unspecified atom stereocenters. The normalized spacial score (nSPS) is 12.0.